The van der Waals surface area contributed by atoms with Crippen molar-refractivity contribution in [1.29, 1.82) is 0 Å². The van der Waals surface area contributed by atoms with Crippen molar-refractivity contribution in [3.63, 3.8) is 0 Å². The summed E-state index contributed by atoms with van der Waals surface area (Å²) in [6.07, 6.45) is 2.93. The molecule has 0 spiro atoms. The SMILES string of the molecule is CCc1nn(C)cc1C(NN)c1ccc2ccccc2c1. The molecule has 3 N–H and O–H groups in total. The van der Waals surface area contributed by atoms with Gasteiger partial charge in [-0.25, -0.2) is 5.43 Å². The summed E-state index contributed by atoms with van der Waals surface area (Å²) >= 11 is 0. The molecule has 0 fully saturated rings. The zero-order chi connectivity index (χ0) is 14.8. The highest BCUT2D eigenvalue weighted by Crippen LogP contribution is 2.27. The Balaban J connectivity index is 2.08. The first-order chi connectivity index (χ1) is 10.2. The molecule has 3 aromatic rings. The Morgan fingerprint density at radius 2 is 1.95 bits per heavy atom. The number of benzene rings is 2. The molecule has 4 nitrogen and oxygen atoms in total. The summed E-state index contributed by atoms with van der Waals surface area (Å²) in [6, 6.07) is 14.7. The number of aryl methyl sites for hydroxylation is 2. The molecule has 0 aliphatic heterocycles. The predicted octanol–water partition coefficient (Wildman–Crippen LogP) is 2.69. The van der Waals surface area contributed by atoms with E-state index in [9.17, 15) is 0 Å². The number of hydrogen-bond acceptors (Lipinski definition) is 3. The molecule has 1 heterocycles. The van der Waals surface area contributed by atoms with Crippen molar-refractivity contribution in [1.82, 2.24) is 15.2 Å². The van der Waals surface area contributed by atoms with E-state index in [1.807, 2.05) is 17.9 Å². The second-order valence-electron chi connectivity index (χ2n) is 5.26. The molecule has 0 saturated heterocycles. The molecule has 0 amide bonds. The van der Waals surface area contributed by atoms with Gasteiger partial charge in [-0.15, -0.1) is 0 Å². The number of aromatic nitrogens is 2. The van der Waals surface area contributed by atoms with Crippen LogP contribution in [0, 0.1) is 0 Å². The van der Waals surface area contributed by atoms with Gasteiger partial charge >= 0.3 is 0 Å². The van der Waals surface area contributed by atoms with E-state index < -0.39 is 0 Å². The maximum absolute atomic E-state index is 5.83. The highest BCUT2D eigenvalue weighted by Gasteiger charge is 2.18. The van der Waals surface area contributed by atoms with E-state index in [0.29, 0.717) is 0 Å². The second kappa shape index (κ2) is 5.68. The molecule has 0 radical (unpaired) electrons. The molecule has 0 saturated carbocycles. The number of fused-ring (bicyclic) bond motifs is 1. The zero-order valence-electron chi connectivity index (χ0n) is 12.4. The number of nitrogens with one attached hydrogen (secondary N) is 1. The van der Waals surface area contributed by atoms with Gasteiger partial charge in [0, 0.05) is 18.8 Å². The molecule has 21 heavy (non-hydrogen) atoms. The van der Waals surface area contributed by atoms with Crippen molar-refractivity contribution in [3.05, 3.63) is 65.5 Å². The van der Waals surface area contributed by atoms with Gasteiger partial charge in [0.25, 0.3) is 0 Å². The first-order valence-corrected chi connectivity index (χ1v) is 7.20. The molecule has 1 unspecified atom stereocenters. The number of nitrogens with two attached hydrogens (primary N) is 1. The quantitative estimate of drug-likeness (QED) is 0.570. The van der Waals surface area contributed by atoms with Crippen LogP contribution in [-0.4, -0.2) is 9.78 Å². The van der Waals surface area contributed by atoms with E-state index in [1.54, 1.807) is 0 Å². The van der Waals surface area contributed by atoms with Crippen LogP contribution in [0.1, 0.15) is 29.8 Å². The Morgan fingerprint density at radius 3 is 2.67 bits per heavy atom. The molecule has 1 atom stereocenters. The zero-order valence-corrected chi connectivity index (χ0v) is 12.4. The lowest BCUT2D eigenvalue weighted by atomic mass is 9.96. The van der Waals surface area contributed by atoms with Crippen molar-refractivity contribution in [2.45, 2.75) is 19.4 Å². The van der Waals surface area contributed by atoms with Crippen molar-refractivity contribution < 1.29 is 0 Å². The lowest BCUT2D eigenvalue weighted by Gasteiger charge is -2.17. The van der Waals surface area contributed by atoms with Crippen LogP contribution in [0.5, 0.6) is 0 Å². The van der Waals surface area contributed by atoms with Gasteiger partial charge in [-0.1, -0.05) is 43.3 Å². The van der Waals surface area contributed by atoms with Crippen molar-refractivity contribution in [3.8, 4) is 0 Å². The molecule has 0 aliphatic carbocycles. The molecule has 108 valence electrons. The van der Waals surface area contributed by atoms with Crippen LogP contribution < -0.4 is 11.3 Å². The maximum atomic E-state index is 5.83. The molecule has 4 heteroatoms. The van der Waals surface area contributed by atoms with Crippen LogP contribution in [-0.2, 0) is 13.5 Å². The third-order valence-corrected chi connectivity index (χ3v) is 3.86. The van der Waals surface area contributed by atoms with Gasteiger partial charge in [-0.3, -0.25) is 10.5 Å². The van der Waals surface area contributed by atoms with Gasteiger partial charge in [0.2, 0.25) is 0 Å². The molecule has 0 bridgehead atoms. The fraction of sp³-hybridized carbons (Fsp3) is 0.235. The van der Waals surface area contributed by atoms with E-state index >= 15 is 0 Å². The largest absolute Gasteiger partial charge is 0.275 e. The van der Waals surface area contributed by atoms with Crippen LogP contribution >= 0.6 is 0 Å². The number of hydrazine groups is 1. The van der Waals surface area contributed by atoms with Crippen molar-refractivity contribution >= 4 is 10.8 Å². The molecular weight excluding hydrogens is 260 g/mol. The van der Waals surface area contributed by atoms with Crippen LogP contribution in [0.15, 0.2) is 48.7 Å². The summed E-state index contributed by atoms with van der Waals surface area (Å²) in [4.78, 5) is 0. The van der Waals surface area contributed by atoms with E-state index in [0.717, 1.165) is 23.2 Å². The average molecular weight is 280 g/mol. The van der Waals surface area contributed by atoms with Gasteiger partial charge in [0.1, 0.15) is 0 Å². The fourth-order valence-electron chi connectivity index (χ4n) is 2.82. The van der Waals surface area contributed by atoms with E-state index in [-0.39, 0.29) is 6.04 Å². The Morgan fingerprint density at radius 1 is 1.19 bits per heavy atom. The standard InChI is InChI=1S/C17H20N4/c1-3-16-15(11-21(2)20-16)17(19-18)14-9-8-12-6-4-5-7-13(12)10-14/h4-11,17,19H,3,18H2,1-2H3. The van der Waals surface area contributed by atoms with Crippen LogP contribution in [0.3, 0.4) is 0 Å². The Kier molecular flexibility index (Phi) is 3.73. The number of nitrogens with zero attached hydrogens (tertiary/aromatic N) is 2. The van der Waals surface area contributed by atoms with Crippen molar-refractivity contribution in [2.75, 3.05) is 0 Å². The minimum Gasteiger partial charge on any atom is -0.275 e. The summed E-state index contributed by atoms with van der Waals surface area (Å²) < 4.78 is 1.85. The van der Waals surface area contributed by atoms with Crippen LogP contribution in [0.4, 0.5) is 0 Å². The minimum absolute atomic E-state index is 0.0433. The normalized spacial score (nSPS) is 12.7. The molecular formula is C17H20N4. The average Bonchev–Trinajstić information content (AvgIpc) is 2.89. The molecule has 1 aromatic heterocycles. The van der Waals surface area contributed by atoms with Gasteiger partial charge < -0.3 is 0 Å². The molecule has 2 aromatic carbocycles. The highest BCUT2D eigenvalue weighted by molar-refractivity contribution is 5.83. The lowest BCUT2D eigenvalue weighted by Crippen LogP contribution is -2.29. The Bertz CT molecular complexity index is 760. The first-order valence-electron chi connectivity index (χ1n) is 7.20. The fourth-order valence-corrected chi connectivity index (χ4v) is 2.82. The summed E-state index contributed by atoms with van der Waals surface area (Å²) in [7, 11) is 1.94. The monoisotopic (exact) mass is 280 g/mol. The highest BCUT2D eigenvalue weighted by atomic mass is 15.3. The third kappa shape index (κ3) is 2.55. The second-order valence-corrected chi connectivity index (χ2v) is 5.26. The molecule has 3 rings (SSSR count). The summed E-state index contributed by atoms with van der Waals surface area (Å²) in [5, 5.41) is 6.96. The van der Waals surface area contributed by atoms with E-state index in [1.165, 1.54) is 10.8 Å². The van der Waals surface area contributed by atoms with Gasteiger partial charge in [-0.05, 0) is 28.8 Å². The van der Waals surface area contributed by atoms with Crippen LogP contribution in [0.2, 0.25) is 0 Å². The first kappa shape index (κ1) is 13.8. The van der Waals surface area contributed by atoms with Crippen molar-refractivity contribution in [2.24, 2.45) is 12.9 Å². The topological polar surface area (TPSA) is 55.9 Å². The number of hydrogen-bond donors (Lipinski definition) is 2. The smallest absolute Gasteiger partial charge is 0.0743 e. The van der Waals surface area contributed by atoms with Gasteiger partial charge in [0.05, 0.1) is 11.7 Å². The van der Waals surface area contributed by atoms with E-state index in [4.69, 9.17) is 5.84 Å². The lowest BCUT2D eigenvalue weighted by molar-refractivity contribution is 0.632. The Hall–Kier alpha value is -2.17. The summed E-state index contributed by atoms with van der Waals surface area (Å²) in [5.74, 6) is 5.83. The molecule has 0 aliphatic rings. The summed E-state index contributed by atoms with van der Waals surface area (Å²) in [6.45, 7) is 2.11. The maximum Gasteiger partial charge on any atom is 0.0743 e. The predicted molar refractivity (Wildman–Crippen MR) is 85.7 cm³/mol. The summed E-state index contributed by atoms with van der Waals surface area (Å²) in [5.41, 5.74) is 6.30. The Labute approximate surface area is 124 Å². The van der Waals surface area contributed by atoms with Gasteiger partial charge in [-0.2, -0.15) is 5.10 Å². The minimum atomic E-state index is -0.0433. The van der Waals surface area contributed by atoms with E-state index in [2.05, 4.69) is 59.9 Å². The third-order valence-electron chi connectivity index (χ3n) is 3.86. The van der Waals surface area contributed by atoms with Gasteiger partial charge in [0.15, 0.2) is 0 Å². The number of rotatable bonds is 4. The van der Waals surface area contributed by atoms with Crippen LogP contribution in [0.25, 0.3) is 10.8 Å².